The highest BCUT2D eigenvalue weighted by atomic mass is 35.5. The smallest absolute Gasteiger partial charge is 0.262 e. The fraction of sp³-hybridized carbons (Fsp3) is 0.500. The third-order valence-corrected chi connectivity index (χ3v) is 6.07. The second-order valence-electron chi connectivity index (χ2n) is 7.54. The first-order chi connectivity index (χ1) is 13.0. The molecule has 0 saturated carbocycles. The van der Waals surface area contributed by atoms with E-state index in [1.165, 1.54) is 11.8 Å². The lowest BCUT2D eigenvalue weighted by Crippen LogP contribution is -2.51. The monoisotopic (exact) mass is 420 g/mol. The first-order valence-corrected chi connectivity index (χ1v) is 10.4. The fourth-order valence-electron chi connectivity index (χ4n) is 2.56. The van der Waals surface area contributed by atoms with Crippen LogP contribution in [0.2, 0.25) is 5.02 Å². The summed E-state index contributed by atoms with van der Waals surface area (Å²) in [6, 6.07) is 7.01. The van der Waals surface area contributed by atoms with Gasteiger partial charge in [0.25, 0.3) is 5.56 Å². The average Bonchev–Trinajstić information content (AvgIpc) is 2.60. The summed E-state index contributed by atoms with van der Waals surface area (Å²) in [6.07, 6.45) is 0. The number of thioether (sulfide) groups is 1. The van der Waals surface area contributed by atoms with Crippen molar-refractivity contribution in [2.75, 3.05) is 0 Å². The van der Waals surface area contributed by atoms with E-state index in [9.17, 15) is 14.9 Å². The van der Waals surface area contributed by atoms with Gasteiger partial charge in [0, 0.05) is 11.1 Å². The number of rotatable bonds is 6. The van der Waals surface area contributed by atoms with E-state index in [1.54, 1.807) is 36.6 Å². The lowest BCUT2D eigenvalue weighted by Gasteiger charge is -2.28. The molecule has 6 nitrogen and oxygen atoms in total. The predicted octanol–water partition coefficient (Wildman–Crippen LogP) is 4.17. The highest BCUT2D eigenvalue weighted by Crippen LogP contribution is 2.27. The van der Waals surface area contributed by atoms with Crippen LogP contribution in [0.25, 0.3) is 10.9 Å². The zero-order chi connectivity index (χ0) is 21.2. The molecular weight excluding hydrogens is 396 g/mol. The molecular formula is C20H25ClN4O2S. The van der Waals surface area contributed by atoms with Gasteiger partial charge in [-0.2, -0.15) is 5.26 Å². The number of carbonyl (C=O) groups is 1. The van der Waals surface area contributed by atoms with Crippen molar-refractivity contribution in [1.82, 2.24) is 14.9 Å². The summed E-state index contributed by atoms with van der Waals surface area (Å²) >= 11 is 7.24. The molecule has 1 N–H and O–H groups in total. The molecule has 0 radical (unpaired) electrons. The Morgan fingerprint density at radius 2 is 1.96 bits per heavy atom. The van der Waals surface area contributed by atoms with Crippen LogP contribution < -0.4 is 10.9 Å². The first kappa shape index (κ1) is 22.3. The number of nitriles is 1. The fourth-order valence-corrected chi connectivity index (χ4v) is 3.77. The molecule has 2 aromatic rings. The Morgan fingerprint density at radius 3 is 2.50 bits per heavy atom. The number of benzene rings is 1. The molecule has 0 fully saturated rings. The Labute approximate surface area is 174 Å². The van der Waals surface area contributed by atoms with Crippen LogP contribution in [0, 0.1) is 17.2 Å². The van der Waals surface area contributed by atoms with Gasteiger partial charge in [0.15, 0.2) is 5.16 Å². The van der Waals surface area contributed by atoms with Gasteiger partial charge in [0.2, 0.25) is 5.91 Å². The number of aromatic nitrogens is 2. The van der Waals surface area contributed by atoms with E-state index in [2.05, 4.69) is 16.4 Å². The largest absolute Gasteiger partial charge is 0.337 e. The van der Waals surface area contributed by atoms with Crippen molar-refractivity contribution in [3.8, 4) is 6.07 Å². The van der Waals surface area contributed by atoms with Gasteiger partial charge in [-0.15, -0.1) is 0 Å². The molecule has 0 unspecified atom stereocenters. The van der Waals surface area contributed by atoms with Crippen molar-refractivity contribution in [2.24, 2.45) is 5.92 Å². The van der Waals surface area contributed by atoms with Crippen LogP contribution >= 0.6 is 23.4 Å². The van der Waals surface area contributed by atoms with Gasteiger partial charge in [0.05, 0.1) is 22.2 Å². The van der Waals surface area contributed by atoms with Crippen LogP contribution in [0.3, 0.4) is 0 Å². The van der Waals surface area contributed by atoms with Crippen LogP contribution in [-0.2, 0) is 4.79 Å². The predicted molar refractivity (Wildman–Crippen MR) is 114 cm³/mol. The molecule has 1 aromatic heterocycles. The summed E-state index contributed by atoms with van der Waals surface area (Å²) in [5.74, 6) is -0.327. The van der Waals surface area contributed by atoms with Gasteiger partial charge in [-0.3, -0.25) is 14.2 Å². The van der Waals surface area contributed by atoms with Gasteiger partial charge in [-0.25, -0.2) is 4.98 Å². The number of halogens is 1. The van der Waals surface area contributed by atoms with Crippen LogP contribution in [0.15, 0.2) is 28.2 Å². The molecule has 0 saturated heterocycles. The number of carbonyl (C=O) groups excluding carboxylic acids is 1. The maximum atomic E-state index is 12.9. The highest BCUT2D eigenvalue weighted by molar-refractivity contribution is 8.00. The molecule has 28 heavy (non-hydrogen) atoms. The molecule has 1 heterocycles. The molecule has 0 aliphatic carbocycles. The van der Waals surface area contributed by atoms with Crippen molar-refractivity contribution >= 4 is 40.2 Å². The lowest BCUT2D eigenvalue weighted by atomic mass is 9.90. The quantitative estimate of drug-likeness (QED) is 0.559. The van der Waals surface area contributed by atoms with Crippen molar-refractivity contribution < 1.29 is 4.79 Å². The maximum Gasteiger partial charge on any atom is 0.262 e. The minimum absolute atomic E-state index is 0.0477. The van der Waals surface area contributed by atoms with Crippen molar-refractivity contribution in [3.05, 3.63) is 33.6 Å². The third-order valence-electron chi connectivity index (χ3n) is 4.77. The third kappa shape index (κ3) is 4.50. The Kier molecular flexibility index (Phi) is 6.79. The van der Waals surface area contributed by atoms with E-state index in [1.807, 2.05) is 27.7 Å². The van der Waals surface area contributed by atoms with Crippen LogP contribution in [0.4, 0.5) is 0 Å². The summed E-state index contributed by atoms with van der Waals surface area (Å²) < 4.78 is 1.58. The van der Waals surface area contributed by atoms with Gasteiger partial charge < -0.3 is 5.32 Å². The van der Waals surface area contributed by atoms with Gasteiger partial charge in [-0.05, 0) is 51.8 Å². The molecule has 1 aromatic carbocycles. The molecule has 0 spiro atoms. The van der Waals surface area contributed by atoms with Gasteiger partial charge >= 0.3 is 0 Å². The summed E-state index contributed by atoms with van der Waals surface area (Å²) in [5, 5.41) is 13.1. The second kappa shape index (κ2) is 8.54. The Balaban J connectivity index is 2.42. The Morgan fingerprint density at radius 1 is 1.32 bits per heavy atom. The van der Waals surface area contributed by atoms with E-state index >= 15 is 0 Å². The highest BCUT2D eigenvalue weighted by Gasteiger charge is 2.32. The molecule has 2 rings (SSSR count). The molecule has 8 heteroatoms. The molecule has 0 aliphatic heterocycles. The average molecular weight is 421 g/mol. The summed E-state index contributed by atoms with van der Waals surface area (Å²) in [4.78, 5) is 30.2. The molecule has 0 bridgehead atoms. The van der Waals surface area contributed by atoms with Crippen molar-refractivity contribution in [2.45, 2.75) is 63.5 Å². The van der Waals surface area contributed by atoms with E-state index in [-0.39, 0.29) is 23.4 Å². The van der Waals surface area contributed by atoms with Gasteiger partial charge in [0.1, 0.15) is 5.54 Å². The first-order valence-electron chi connectivity index (χ1n) is 9.12. The summed E-state index contributed by atoms with van der Waals surface area (Å²) in [7, 11) is 0. The number of nitrogens with one attached hydrogen (secondary N) is 1. The van der Waals surface area contributed by atoms with E-state index < -0.39 is 10.8 Å². The number of hydrogen-bond donors (Lipinski definition) is 1. The van der Waals surface area contributed by atoms with Gasteiger partial charge in [-0.1, -0.05) is 37.2 Å². The second-order valence-corrected chi connectivity index (χ2v) is 9.29. The molecule has 0 aliphatic rings. The van der Waals surface area contributed by atoms with E-state index in [4.69, 9.17) is 11.6 Å². The molecule has 150 valence electrons. The summed E-state index contributed by atoms with van der Waals surface area (Å²) in [5.41, 5.74) is -0.641. The molecule has 2 atom stereocenters. The zero-order valence-corrected chi connectivity index (χ0v) is 18.5. The minimum atomic E-state index is -0.964. The molecule has 1 amide bonds. The number of amides is 1. The van der Waals surface area contributed by atoms with Crippen LogP contribution in [-0.4, -0.2) is 26.2 Å². The van der Waals surface area contributed by atoms with Crippen LogP contribution in [0.5, 0.6) is 0 Å². The zero-order valence-electron chi connectivity index (χ0n) is 16.9. The minimum Gasteiger partial charge on any atom is -0.337 e. The summed E-state index contributed by atoms with van der Waals surface area (Å²) in [6.45, 7) is 11.0. The van der Waals surface area contributed by atoms with Crippen molar-refractivity contribution in [1.29, 1.82) is 5.26 Å². The normalized spacial score (nSPS) is 14.7. The van der Waals surface area contributed by atoms with E-state index in [0.29, 0.717) is 21.1 Å². The van der Waals surface area contributed by atoms with Crippen LogP contribution in [0.1, 0.15) is 47.6 Å². The Hall–Kier alpha value is -2.04. The number of nitrogens with zero attached hydrogens (tertiary/aromatic N) is 3. The lowest BCUT2D eigenvalue weighted by molar-refractivity contribution is -0.121. The number of fused-ring (bicyclic) bond motifs is 1. The SMILES string of the molecule is CC(C)n1c(S[C@@H](C)C(=O)N[C@@](C)(C#N)C(C)C)nc2cc(Cl)ccc2c1=O. The Bertz CT molecular complexity index is 996. The number of hydrogen-bond acceptors (Lipinski definition) is 5. The standard InChI is InChI=1S/C20H25ClN4O2S/c1-11(2)20(6,10-22)24-17(26)13(5)28-19-23-16-9-14(21)7-8-15(16)18(27)25(19)12(3)4/h7-9,11-13H,1-6H3,(H,24,26)/t13-,20-/m0/s1. The van der Waals surface area contributed by atoms with E-state index in [0.717, 1.165) is 0 Å². The van der Waals surface area contributed by atoms with Crippen molar-refractivity contribution in [3.63, 3.8) is 0 Å². The topological polar surface area (TPSA) is 87.8 Å². The maximum absolute atomic E-state index is 12.9.